The fourth-order valence-electron chi connectivity index (χ4n) is 1.62. The van der Waals surface area contributed by atoms with E-state index in [0.29, 0.717) is 0 Å². The molecule has 0 bridgehead atoms. The standard InChI is InChI=1S/C15H15FN2O3S2/c1-11-2-6-13(7-3-11)22-10-15(19)17-18-23(20,21)14-8-4-12(16)5-9-14/h2-9,18H,10H2,1H3,(H,17,19). The van der Waals surface area contributed by atoms with Gasteiger partial charge >= 0.3 is 0 Å². The van der Waals surface area contributed by atoms with Crippen LogP contribution in [-0.2, 0) is 14.8 Å². The molecule has 0 radical (unpaired) electrons. The van der Waals surface area contributed by atoms with E-state index >= 15 is 0 Å². The van der Waals surface area contributed by atoms with Crippen molar-refractivity contribution in [2.24, 2.45) is 0 Å². The number of hydrazine groups is 1. The largest absolute Gasteiger partial charge is 0.277 e. The minimum atomic E-state index is -3.92. The summed E-state index contributed by atoms with van der Waals surface area (Å²) in [5, 5.41) is 0. The predicted octanol–water partition coefficient (Wildman–Crippen LogP) is 2.24. The summed E-state index contributed by atoms with van der Waals surface area (Å²) in [6.45, 7) is 1.96. The number of hydrogen-bond acceptors (Lipinski definition) is 4. The van der Waals surface area contributed by atoms with Crippen molar-refractivity contribution in [3.8, 4) is 0 Å². The maximum Gasteiger partial charge on any atom is 0.257 e. The maximum atomic E-state index is 12.8. The molecule has 0 heterocycles. The highest BCUT2D eigenvalue weighted by Crippen LogP contribution is 2.17. The van der Waals surface area contributed by atoms with Crippen LogP contribution in [0.4, 0.5) is 4.39 Å². The van der Waals surface area contributed by atoms with Crippen LogP contribution in [0.1, 0.15) is 5.56 Å². The summed E-state index contributed by atoms with van der Waals surface area (Å²) in [7, 11) is -3.92. The number of carbonyl (C=O) groups is 1. The van der Waals surface area contributed by atoms with Crippen molar-refractivity contribution in [1.82, 2.24) is 10.3 Å². The zero-order valence-corrected chi connectivity index (χ0v) is 13.9. The molecule has 0 fully saturated rings. The van der Waals surface area contributed by atoms with Crippen LogP contribution in [0.2, 0.25) is 0 Å². The van der Waals surface area contributed by atoms with Crippen LogP contribution in [0.15, 0.2) is 58.3 Å². The highest BCUT2D eigenvalue weighted by Gasteiger charge is 2.15. The Morgan fingerprint density at radius 1 is 1.09 bits per heavy atom. The van der Waals surface area contributed by atoms with E-state index in [4.69, 9.17) is 0 Å². The third-order valence-electron chi connectivity index (χ3n) is 2.84. The average molecular weight is 354 g/mol. The predicted molar refractivity (Wildman–Crippen MR) is 86.8 cm³/mol. The van der Waals surface area contributed by atoms with Crippen molar-refractivity contribution >= 4 is 27.7 Å². The number of nitrogens with one attached hydrogen (secondary N) is 2. The lowest BCUT2D eigenvalue weighted by atomic mass is 10.2. The quantitative estimate of drug-likeness (QED) is 0.616. The molecule has 0 aliphatic heterocycles. The first kappa shape index (κ1) is 17.5. The molecule has 2 aromatic carbocycles. The van der Waals surface area contributed by atoms with Crippen LogP contribution in [0.3, 0.4) is 0 Å². The first-order valence-electron chi connectivity index (χ1n) is 6.62. The SMILES string of the molecule is Cc1ccc(SCC(=O)NNS(=O)(=O)c2ccc(F)cc2)cc1. The molecule has 23 heavy (non-hydrogen) atoms. The summed E-state index contributed by atoms with van der Waals surface area (Å²) < 4.78 is 36.6. The van der Waals surface area contributed by atoms with Gasteiger partial charge in [-0.05, 0) is 43.3 Å². The van der Waals surface area contributed by atoms with Gasteiger partial charge in [-0.15, -0.1) is 16.6 Å². The van der Waals surface area contributed by atoms with Gasteiger partial charge in [0.2, 0.25) is 5.91 Å². The first-order chi connectivity index (χ1) is 10.9. The second kappa shape index (κ2) is 7.58. The third kappa shape index (κ3) is 5.34. The summed E-state index contributed by atoms with van der Waals surface area (Å²) >= 11 is 1.29. The second-order valence-electron chi connectivity index (χ2n) is 4.71. The van der Waals surface area contributed by atoms with Gasteiger partial charge in [0.05, 0.1) is 10.6 Å². The third-order valence-corrected chi connectivity index (χ3v) is 5.12. The van der Waals surface area contributed by atoms with Crippen molar-refractivity contribution < 1.29 is 17.6 Å². The molecule has 1 amide bonds. The first-order valence-corrected chi connectivity index (χ1v) is 9.09. The van der Waals surface area contributed by atoms with Gasteiger partial charge in [-0.1, -0.05) is 17.7 Å². The molecular weight excluding hydrogens is 339 g/mol. The Labute approximate surface area is 138 Å². The minimum Gasteiger partial charge on any atom is -0.277 e. The number of aryl methyl sites for hydroxylation is 1. The molecule has 2 aromatic rings. The van der Waals surface area contributed by atoms with E-state index in [2.05, 4.69) is 5.43 Å². The molecule has 0 saturated carbocycles. The van der Waals surface area contributed by atoms with E-state index in [1.807, 2.05) is 36.0 Å². The Kier molecular flexibility index (Phi) is 5.75. The van der Waals surface area contributed by atoms with Crippen molar-refractivity contribution in [2.45, 2.75) is 16.7 Å². The number of sulfonamides is 1. The summed E-state index contributed by atoms with van der Waals surface area (Å²) in [5.74, 6) is -0.960. The summed E-state index contributed by atoms with van der Waals surface area (Å²) in [5.41, 5.74) is 3.24. The second-order valence-corrected chi connectivity index (χ2v) is 7.44. The fraction of sp³-hybridized carbons (Fsp3) is 0.133. The van der Waals surface area contributed by atoms with Gasteiger partial charge in [0.1, 0.15) is 5.82 Å². The maximum absolute atomic E-state index is 12.8. The zero-order chi connectivity index (χ0) is 16.9. The molecule has 2 rings (SSSR count). The molecular formula is C15H15FN2O3S2. The lowest BCUT2D eigenvalue weighted by Gasteiger charge is -2.08. The molecule has 122 valence electrons. The van der Waals surface area contributed by atoms with E-state index in [9.17, 15) is 17.6 Å². The number of rotatable bonds is 6. The molecule has 0 unspecified atom stereocenters. The smallest absolute Gasteiger partial charge is 0.257 e. The van der Waals surface area contributed by atoms with Crippen LogP contribution in [0, 0.1) is 12.7 Å². The summed E-state index contributed by atoms with van der Waals surface area (Å²) in [6, 6.07) is 11.9. The summed E-state index contributed by atoms with van der Waals surface area (Å²) in [6.07, 6.45) is 0. The van der Waals surface area contributed by atoms with E-state index in [1.54, 1.807) is 0 Å². The molecule has 2 N–H and O–H groups in total. The Morgan fingerprint density at radius 2 is 1.70 bits per heavy atom. The highest BCUT2D eigenvalue weighted by atomic mass is 32.2. The topological polar surface area (TPSA) is 75.3 Å². The molecule has 0 aliphatic carbocycles. The van der Waals surface area contributed by atoms with E-state index in [1.165, 1.54) is 11.8 Å². The molecule has 0 aromatic heterocycles. The van der Waals surface area contributed by atoms with Gasteiger partial charge in [0.15, 0.2) is 0 Å². The van der Waals surface area contributed by atoms with Gasteiger partial charge < -0.3 is 0 Å². The Hall–Kier alpha value is -1.90. The number of carbonyl (C=O) groups excluding carboxylic acids is 1. The molecule has 0 aliphatic rings. The molecule has 0 saturated heterocycles. The Bertz CT molecular complexity index is 775. The zero-order valence-electron chi connectivity index (χ0n) is 12.2. The van der Waals surface area contributed by atoms with Gasteiger partial charge in [-0.25, -0.2) is 12.8 Å². The number of benzene rings is 2. The van der Waals surface area contributed by atoms with E-state index in [-0.39, 0.29) is 10.6 Å². The van der Waals surface area contributed by atoms with Crippen LogP contribution >= 0.6 is 11.8 Å². The van der Waals surface area contributed by atoms with Gasteiger partial charge in [-0.3, -0.25) is 10.2 Å². The lowest BCUT2D eigenvalue weighted by molar-refractivity contribution is -0.119. The van der Waals surface area contributed by atoms with Gasteiger partial charge in [-0.2, -0.15) is 0 Å². The van der Waals surface area contributed by atoms with E-state index in [0.717, 1.165) is 34.7 Å². The van der Waals surface area contributed by atoms with Gasteiger partial charge in [0.25, 0.3) is 10.0 Å². The summed E-state index contributed by atoms with van der Waals surface area (Å²) in [4.78, 5) is 14.4. The van der Waals surface area contributed by atoms with E-state index < -0.39 is 21.7 Å². The Balaban J connectivity index is 1.86. The van der Waals surface area contributed by atoms with Crippen molar-refractivity contribution in [2.75, 3.05) is 5.75 Å². The molecule has 5 nitrogen and oxygen atoms in total. The molecule has 0 spiro atoms. The number of hydrogen-bond donors (Lipinski definition) is 2. The number of thioether (sulfide) groups is 1. The van der Waals surface area contributed by atoms with Crippen molar-refractivity contribution in [3.63, 3.8) is 0 Å². The van der Waals surface area contributed by atoms with Crippen LogP contribution < -0.4 is 10.3 Å². The average Bonchev–Trinajstić information content (AvgIpc) is 2.53. The number of amides is 1. The van der Waals surface area contributed by atoms with Crippen LogP contribution in [-0.4, -0.2) is 20.1 Å². The van der Waals surface area contributed by atoms with Gasteiger partial charge in [0, 0.05) is 4.90 Å². The highest BCUT2D eigenvalue weighted by molar-refractivity contribution is 8.00. The minimum absolute atomic E-state index is 0.0645. The Morgan fingerprint density at radius 3 is 2.30 bits per heavy atom. The monoisotopic (exact) mass is 354 g/mol. The molecule has 0 atom stereocenters. The molecule has 8 heteroatoms. The van der Waals surface area contributed by atoms with Crippen molar-refractivity contribution in [1.29, 1.82) is 0 Å². The van der Waals surface area contributed by atoms with Crippen LogP contribution in [0.5, 0.6) is 0 Å². The van der Waals surface area contributed by atoms with Crippen LogP contribution in [0.25, 0.3) is 0 Å². The fourth-order valence-corrected chi connectivity index (χ4v) is 3.18. The lowest BCUT2D eigenvalue weighted by Crippen LogP contribution is -2.42. The van der Waals surface area contributed by atoms with Crippen molar-refractivity contribution in [3.05, 3.63) is 59.9 Å². The normalized spacial score (nSPS) is 11.2. The number of halogens is 1.